The van der Waals surface area contributed by atoms with Crippen molar-refractivity contribution < 1.29 is 4.43 Å². The van der Waals surface area contributed by atoms with Gasteiger partial charge in [-0.1, -0.05) is 32.9 Å². The minimum Gasteiger partial charge on any atom is -0.413 e. The quantitative estimate of drug-likeness (QED) is 0.783. The molecule has 0 saturated carbocycles. The van der Waals surface area contributed by atoms with Gasteiger partial charge in [0, 0.05) is 12.2 Å². The molecular formula is C15H27NOSi. The van der Waals surface area contributed by atoms with Gasteiger partial charge in [-0.3, -0.25) is 0 Å². The first-order valence-electron chi connectivity index (χ1n) is 6.73. The van der Waals surface area contributed by atoms with Gasteiger partial charge in [0.1, 0.15) is 0 Å². The summed E-state index contributed by atoms with van der Waals surface area (Å²) in [5.41, 5.74) is 2.43. The van der Waals surface area contributed by atoms with Crippen LogP contribution >= 0.6 is 0 Å². The van der Waals surface area contributed by atoms with E-state index in [0.29, 0.717) is 0 Å². The molecule has 0 fully saturated rings. The summed E-state index contributed by atoms with van der Waals surface area (Å²) < 4.78 is 6.20. The maximum Gasteiger partial charge on any atom is 0.192 e. The van der Waals surface area contributed by atoms with E-state index in [0.717, 1.165) is 13.2 Å². The van der Waals surface area contributed by atoms with Gasteiger partial charge < -0.3 is 9.74 Å². The maximum absolute atomic E-state index is 6.20. The predicted octanol–water partition coefficient (Wildman–Crippen LogP) is 4.64. The third-order valence-electron chi connectivity index (χ3n) is 3.74. The molecule has 0 atom stereocenters. The van der Waals surface area contributed by atoms with Crippen molar-refractivity contribution in [1.82, 2.24) is 0 Å². The van der Waals surface area contributed by atoms with E-state index in [1.807, 2.05) is 0 Å². The average Bonchev–Trinajstić information content (AvgIpc) is 2.27. The van der Waals surface area contributed by atoms with Crippen molar-refractivity contribution >= 4 is 14.0 Å². The van der Waals surface area contributed by atoms with E-state index in [2.05, 4.69) is 70.4 Å². The number of hydrogen-bond donors (Lipinski definition) is 1. The Morgan fingerprint density at radius 2 is 1.67 bits per heavy atom. The Balaban J connectivity index is 2.59. The Bertz CT molecular complexity index is 365. The lowest BCUT2D eigenvalue weighted by atomic mass is 10.2. The molecule has 0 radical (unpaired) electrons. The molecular weight excluding hydrogens is 238 g/mol. The van der Waals surface area contributed by atoms with Crippen LogP contribution in [-0.2, 0) is 11.0 Å². The molecule has 0 aliphatic heterocycles. The summed E-state index contributed by atoms with van der Waals surface area (Å²) in [4.78, 5) is 0. The van der Waals surface area contributed by atoms with Gasteiger partial charge in [0.15, 0.2) is 8.32 Å². The molecule has 1 aromatic carbocycles. The van der Waals surface area contributed by atoms with Crippen LogP contribution in [0, 0.1) is 0 Å². The van der Waals surface area contributed by atoms with Crippen molar-refractivity contribution in [3.8, 4) is 0 Å². The van der Waals surface area contributed by atoms with Crippen molar-refractivity contribution in [2.45, 2.75) is 52.4 Å². The van der Waals surface area contributed by atoms with Gasteiger partial charge in [-0.05, 0) is 42.8 Å². The number of rotatable bonds is 5. The monoisotopic (exact) mass is 265 g/mol. The van der Waals surface area contributed by atoms with E-state index in [9.17, 15) is 0 Å². The molecule has 0 unspecified atom stereocenters. The Labute approximate surface area is 113 Å². The highest BCUT2D eigenvalue weighted by Gasteiger charge is 2.36. The maximum atomic E-state index is 6.20. The number of nitrogens with one attached hydrogen (secondary N) is 1. The van der Waals surface area contributed by atoms with Gasteiger partial charge in [0.2, 0.25) is 0 Å². The summed E-state index contributed by atoms with van der Waals surface area (Å²) in [5, 5.41) is 3.57. The topological polar surface area (TPSA) is 21.3 Å². The van der Waals surface area contributed by atoms with Crippen LogP contribution in [0.25, 0.3) is 0 Å². The van der Waals surface area contributed by atoms with Gasteiger partial charge in [-0.2, -0.15) is 0 Å². The molecule has 0 amide bonds. The molecule has 0 heterocycles. The summed E-state index contributed by atoms with van der Waals surface area (Å²) in [7, 11) is -1.63. The largest absolute Gasteiger partial charge is 0.413 e. The summed E-state index contributed by atoms with van der Waals surface area (Å²) in [6.45, 7) is 15.2. The first-order chi connectivity index (χ1) is 8.26. The summed E-state index contributed by atoms with van der Waals surface area (Å²) in [6, 6.07) is 8.53. The van der Waals surface area contributed by atoms with Crippen LogP contribution in [-0.4, -0.2) is 14.9 Å². The van der Waals surface area contributed by atoms with Gasteiger partial charge in [0.05, 0.1) is 6.61 Å². The van der Waals surface area contributed by atoms with Crippen LogP contribution in [0.1, 0.15) is 33.3 Å². The van der Waals surface area contributed by atoms with Crippen LogP contribution in [0.4, 0.5) is 5.69 Å². The minimum absolute atomic E-state index is 0.275. The van der Waals surface area contributed by atoms with Gasteiger partial charge in [-0.25, -0.2) is 0 Å². The van der Waals surface area contributed by atoms with Crippen LogP contribution in [0.3, 0.4) is 0 Å². The van der Waals surface area contributed by atoms with Crippen molar-refractivity contribution in [2.24, 2.45) is 0 Å². The average molecular weight is 265 g/mol. The van der Waals surface area contributed by atoms with Gasteiger partial charge >= 0.3 is 0 Å². The fourth-order valence-corrected chi connectivity index (χ4v) is 2.36. The minimum atomic E-state index is -1.63. The normalized spacial score (nSPS) is 12.6. The van der Waals surface area contributed by atoms with E-state index in [1.165, 1.54) is 11.3 Å². The second kappa shape index (κ2) is 5.89. The highest BCUT2D eigenvalue weighted by Crippen LogP contribution is 2.37. The molecule has 0 spiro atoms. The standard InChI is InChI=1S/C15H27NOSi/c1-7-16-14-10-8-13(9-11-14)12-17-18(5,6)15(2,3)4/h8-11,16H,7,12H2,1-6H3. The number of benzene rings is 1. The smallest absolute Gasteiger partial charge is 0.192 e. The second-order valence-electron chi connectivity index (χ2n) is 6.28. The molecule has 0 bridgehead atoms. The fourth-order valence-electron chi connectivity index (χ4n) is 1.40. The Morgan fingerprint density at radius 1 is 1.11 bits per heavy atom. The molecule has 0 aromatic heterocycles. The zero-order valence-electron chi connectivity index (χ0n) is 12.6. The Morgan fingerprint density at radius 3 is 2.11 bits per heavy atom. The molecule has 0 saturated heterocycles. The highest BCUT2D eigenvalue weighted by molar-refractivity contribution is 6.74. The summed E-state index contributed by atoms with van der Waals surface area (Å²) in [5.74, 6) is 0. The Kier molecular flexibility index (Phi) is 4.99. The molecule has 1 rings (SSSR count). The highest BCUT2D eigenvalue weighted by atomic mass is 28.4. The first-order valence-corrected chi connectivity index (χ1v) is 9.64. The third kappa shape index (κ3) is 4.14. The number of hydrogen-bond acceptors (Lipinski definition) is 2. The zero-order chi connectivity index (χ0) is 13.8. The molecule has 0 aliphatic carbocycles. The van der Waals surface area contributed by atoms with Crippen molar-refractivity contribution in [3.63, 3.8) is 0 Å². The van der Waals surface area contributed by atoms with E-state index in [-0.39, 0.29) is 5.04 Å². The van der Waals surface area contributed by atoms with E-state index < -0.39 is 8.32 Å². The molecule has 102 valence electrons. The van der Waals surface area contributed by atoms with E-state index >= 15 is 0 Å². The SMILES string of the molecule is CCNc1ccc(CO[Si](C)(C)C(C)(C)C)cc1. The lowest BCUT2D eigenvalue weighted by molar-refractivity contribution is 0.276. The van der Waals surface area contributed by atoms with Crippen molar-refractivity contribution in [3.05, 3.63) is 29.8 Å². The summed E-state index contributed by atoms with van der Waals surface area (Å²) >= 11 is 0. The van der Waals surface area contributed by atoms with E-state index in [4.69, 9.17) is 4.43 Å². The lowest BCUT2D eigenvalue weighted by Gasteiger charge is -2.36. The van der Waals surface area contributed by atoms with Crippen molar-refractivity contribution in [2.75, 3.05) is 11.9 Å². The van der Waals surface area contributed by atoms with E-state index in [1.54, 1.807) is 0 Å². The second-order valence-corrected chi connectivity index (χ2v) is 11.1. The molecule has 1 aromatic rings. The van der Waals surface area contributed by atoms with Crippen LogP contribution in [0.5, 0.6) is 0 Å². The molecule has 3 heteroatoms. The van der Waals surface area contributed by atoms with Crippen LogP contribution in [0.2, 0.25) is 18.1 Å². The zero-order valence-corrected chi connectivity index (χ0v) is 13.6. The molecule has 18 heavy (non-hydrogen) atoms. The third-order valence-corrected chi connectivity index (χ3v) is 8.22. The summed E-state index contributed by atoms with van der Waals surface area (Å²) in [6.07, 6.45) is 0. The lowest BCUT2D eigenvalue weighted by Crippen LogP contribution is -2.40. The Hall–Kier alpha value is -0.803. The fraction of sp³-hybridized carbons (Fsp3) is 0.600. The van der Waals surface area contributed by atoms with Crippen LogP contribution in [0.15, 0.2) is 24.3 Å². The molecule has 1 N–H and O–H groups in total. The number of anilines is 1. The molecule has 0 aliphatic rings. The van der Waals surface area contributed by atoms with Gasteiger partial charge in [-0.15, -0.1) is 0 Å². The predicted molar refractivity (Wildman–Crippen MR) is 82.6 cm³/mol. The van der Waals surface area contributed by atoms with Crippen molar-refractivity contribution in [1.29, 1.82) is 0 Å². The first kappa shape index (κ1) is 15.3. The van der Waals surface area contributed by atoms with Crippen LogP contribution < -0.4 is 5.32 Å². The van der Waals surface area contributed by atoms with Gasteiger partial charge in [0.25, 0.3) is 0 Å². The molecule has 2 nitrogen and oxygen atoms in total.